The molecule has 9 atom stereocenters. The first-order valence-corrected chi connectivity index (χ1v) is 28.3. The number of hydrogen-bond acceptors (Lipinski definition) is 18. The van der Waals surface area contributed by atoms with Crippen LogP contribution in [0, 0.1) is 11.8 Å². The number of aliphatic carboxylic acids is 2. The quantitative estimate of drug-likeness (QED) is 0.0281. The van der Waals surface area contributed by atoms with Crippen LogP contribution in [0.3, 0.4) is 0 Å². The van der Waals surface area contributed by atoms with Gasteiger partial charge in [-0.2, -0.15) is 0 Å². The zero-order valence-electron chi connectivity index (χ0n) is 49.6. The van der Waals surface area contributed by atoms with Crippen molar-refractivity contribution in [1.82, 2.24) is 68.0 Å². The molecule has 0 aliphatic carbocycles. The number of aliphatic hydroxyl groups is 1. The summed E-state index contributed by atoms with van der Waals surface area (Å²) in [4.78, 5) is 204. The van der Waals surface area contributed by atoms with E-state index in [0.717, 1.165) is 6.92 Å². The molecule has 0 bridgehead atoms. The Hall–Kier alpha value is -9.56. The molecule has 33 heteroatoms. The number of carbonyl (C=O) groups is 15. The highest BCUT2D eigenvalue weighted by Crippen LogP contribution is 2.22. The topological polar surface area (TPSA) is 515 Å². The second-order valence-corrected chi connectivity index (χ2v) is 21.5. The van der Waals surface area contributed by atoms with E-state index in [1.165, 1.54) is 41.7 Å². The molecule has 3 rings (SSSR count). The number of aliphatic hydroxyl groups excluding tert-OH is 1. The standard InChI is InChI=1S/C55H80N14O19/c1-7-9-33(46(79)54(87)59-23-40(73)58-24-41(74)62-37(21-31-22-57-26-60-31)51(84)65-36(20-30-11-13-32(72)14-12-30)50(83)66-38(25-70)47(56)80)63-52(85)39-10-8-19-69(39)55(88)45(28(4)5)68-53(86)44(27(2)3)67-49(82)35(16-18-43(77)78)64-48(81)34(61-29(6)71)15-17-42(75)76/h11-14,22,26-28,33-39,44-45,70,72H,7-10,15-21,23-25H2,1-6H3,(H2,56,80)(H,57,60)(H,58,73)(H,59,87)(H,61,71)(H,62,74)(H,63,85)(H,64,81)(H,65,84)(H,66,83)(H,67,82)(H,68,86)(H,75,76)(H,77,78)/t33-,34-,35-,36-,37+,38-,39?,44-,45-/m0/s1. The summed E-state index contributed by atoms with van der Waals surface area (Å²) in [6, 6.07) is -7.17. The van der Waals surface area contributed by atoms with Crippen LogP contribution >= 0.6 is 0 Å². The lowest BCUT2D eigenvalue weighted by atomic mass is 9.98. The monoisotopic (exact) mass is 1240 g/mol. The Morgan fingerprint density at radius 1 is 0.636 bits per heavy atom. The first-order chi connectivity index (χ1) is 41.5. The number of likely N-dealkylation sites (tertiary alicyclic amines) is 1. The molecule has 1 saturated heterocycles. The summed E-state index contributed by atoms with van der Waals surface area (Å²) in [7, 11) is 0. The van der Waals surface area contributed by atoms with Gasteiger partial charge in [0.1, 0.15) is 54.1 Å². The van der Waals surface area contributed by atoms with Gasteiger partial charge in [-0.1, -0.05) is 53.2 Å². The number of rotatable bonds is 37. The SMILES string of the molecule is CCC[C@H](NC(=O)C1CCCN1C(=O)[C@@H](NC(=O)[C@@H](NC(=O)[C@H](CCC(=O)O)NC(=O)[C@H](CCC(=O)O)NC(C)=O)C(C)C)C(C)C)C(=O)C(=O)NCC(=O)NCC(=O)N[C@H](Cc1cnc[nH]1)C(=O)N[C@@H](Cc1ccc(O)cc1)C(=O)N[C@@H](CO)C(N)=O. The maximum atomic E-state index is 14.3. The van der Waals surface area contributed by atoms with Crippen molar-refractivity contribution in [3.63, 3.8) is 0 Å². The number of imidazole rings is 1. The second-order valence-electron chi connectivity index (χ2n) is 21.5. The number of aromatic nitrogens is 2. The van der Waals surface area contributed by atoms with Crippen LogP contribution in [0.25, 0.3) is 0 Å². The summed E-state index contributed by atoms with van der Waals surface area (Å²) in [5.74, 6) is -16.4. The third-order valence-corrected chi connectivity index (χ3v) is 13.7. The normalized spacial score (nSPS) is 15.5. The largest absolute Gasteiger partial charge is 0.508 e. The lowest BCUT2D eigenvalue weighted by molar-refractivity contribution is -0.144. The number of aromatic amines is 1. The Balaban J connectivity index is 1.67. The fraction of sp³-hybridized carbons (Fsp3) is 0.564. The van der Waals surface area contributed by atoms with Crippen molar-refractivity contribution in [2.75, 3.05) is 26.2 Å². The second kappa shape index (κ2) is 35.8. The van der Waals surface area contributed by atoms with E-state index < -0.39 is 194 Å². The number of ketones is 1. The lowest BCUT2D eigenvalue weighted by Crippen LogP contribution is -2.61. The Kier molecular flexibility index (Phi) is 29.6. The molecule has 33 nitrogen and oxygen atoms in total. The molecule has 88 heavy (non-hydrogen) atoms. The van der Waals surface area contributed by atoms with E-state index in [1.54, 1.807) is 34.6 Å². The number of phenols is 1. The Morgan fingerprint density at radius 2 is 1.17 bits per heavy atom. The summed E-state index contributed by atoms with van der Waals surface area (Å²) in [6.07, 6.45) is 0.827. The predicted octanol–water partition coefficient (Wildman–Crippen LogP) is -5.09. The number of phenolic OH excluding ortho intramolecular Hbond substituents is 1. The van der Waals surface area contributed by atoms with E-state index in [9.17, 15) is 87.2 Å². The van der Waals surface area contributed by atoms with Crippen LogP contribution < -0.4 is 58.9 Å². The smallest absolute Gasteiger partial charge is 0.303 e. The molecule has 0 spiro atoms. The number of H-pyrrole nitrogens is 1. The van der Waals surface area contributed by atoms with Gasteiger partial charge in [0.05, 0.1) is 32.1 Å². The first kappa shape index (κ1) is 72.7. The number of carboxylic acid groups (broad SMARTS) is 2. The summed E-state index contributed by atoms with van der Waals surface area (Å²) in [6.45, 7) is 6.60. The molecule has 1 fully saturated rings. The number of hydrogen-bond donors (Lipinski definition) is 16. The van der Waals surface area contributed by atoms with Crippen molar-refractivity contribution < 1.29 is 92.3 Å². The van der Waals surface area contributed by atoms with Gasteiger partial charge in [-0.05, 0) is 61.6 Å². The number of nitrogens with two attached hydrogens (primary N) is 1. The van der Waals surface area contributed by atoms with Crippen LogP contribution in [-0.2, 0) is 84.8 Å². The average molecular weight is 1240 g/mol. The minimum Gasteiger partial charge on any atom is -0.508 e. The Labute approximate surface area is 505 Å². The number of nitrogens with one attached hydrogen (secondary N) is 11. The average Bonchev–Trinajstić information content (AvgIpc) is 3.21. The van der Waals surface area contributed by atoms with Crippen molar-refractivity contribution in [2.45, 2.75) is 160 Å². The van der Waals surface area contributed by atoms with E-state index in [0.29, 0.717) is 17.7 Å². The first-order valence-electron chi connectivity index (χ1n) is 28.3. The van der Waals surface area contributed by atoms with Gasteiger partial charge in [0, 0.05) is 51.0 Å². The minimum atomic E-state index is -1.59. The maximum absolute atomic E-state index is 14.3. The summed E-state index contributed by atoms with van der Waals surface area (Å²) >= 11 is 0. The van der Waals surface area contributed by atoms with Crippen LogP contribution in [-0.4, -0.2) is 205 Å². The van der Waals surface area contributed by atoms with Crippen LogP contribution in [0.5, 0.6) is 5.75 Å². The molecule has 0 saturated carbocycles. The molecule has 1 aromatic carbocycles. The number of carboxylic acids is 2. The molecule has 1 aliphatic rings. The van der Waals surface area contributed by atoms with Crippen molar-refractivity contribution in [3.05, 3.63) is 48.0 Å². The number of carbonyl (C=O) groups excluding carboxylic acids is 13. The summed E-state index contributed by atoms with van der Waals surface area (Å²) in [5, 5.41) is 61.7. The van der Waals surface area contributed by atoms with E-state index in [2.05, 4.69) is 63.1 Å². The highest BCUT2D eigenvalue weighted by Gasteiger charge is 2.42. The molecule has 0 radical (unpaired) electrons. The van der Waals surface area contributed by atoms with Crippen LogP contribution in [0.2, 0.25) is 0 Å². The van der Waals surface area contributed by atoms with Crippen molar-refractivity contribution in [1.29, 1.82) is 0 Å². The molecule has 1 unspecified atom stereocenters. The zero-order valence-corrected chi connectivity index (χ0v) is 49.6. The van der Waals surface area contributed by atoms with Crippen molar-refractivity contribution >= 4 is 88.6 Å². The van der Waals surface area contributed by atoms with Crippen LogP contribution in [0.4, 0.5) is 0 Å². The third kappa shape index (κ3) is 24.1. The molecule has 12 amide bonds. The Bertz CT molecular complexity index is 2830. The molecule has 17 N–H and O–H groups in total. The van der Waals surface area contributed by atoms with Gasteiger partial charge in [0.15, 0.2) is 0 Å². The van der Waals surface area contributed by atoms with Crippen LogP contribution in [0.15, 0.2) is 36.8 Å². The number of aromatic hydroxyl groups is 1. The van der Waals surface area contributed by atoms with Gasteiger partial charge in [-0.3, -0.25) is 71.9 Å². The van der Waals surface area contributed by atoms with Gasteiger partial charge in [0.2, 0.25) is 70.8 Å². The number of primary amides is 1. The van der Waals surface area contributed by atoms with Gasteiger partial charge >= 0.3 is 11.9 Å². The van der Waals surface area contributed by atoms with E-state index in [1.807, 2.05) is 0 Å². The summed E-state index contributed by atoms with van der Waals surface area (Å²) < 4.78 is 0. The molecule has 1 aromatic heterocycles. The van der Waals surface area contributed by atoms with E-state index in [-0.39, 0.29) is 50.8 Å². The number of Topliss-reactive ketones (excluding diaryl/α,β-unsaturated/α-hetero) is 1. The van der Waals surface area contributed by atoms with Gasteiger partial charge in [-0.25, -0.2) is 4.98 Å². The third-order valence-electron chi connectivity index (χ3n) is 13.7. The number of benzene rings is 1. The fourth-order valence-corrected chi connectivity index (χ4v) is 8.99. The number of nitrogens with zero attached hydrogens (tertiary/aromatic N) is 2. The lowest BCUT2D eigenvalue weighted by Gasteiger charge is -2.33. The van der Waals surface area contributed by atoms with Crippen molar-refractivity contribution in [2.24, 2.45) is 17.6 Å². The van der Waals surface area contributed by atoms with E-state index in [4.69, 9.17) is 10.8 Å². The zero-order chi connectivity index (χ0) is 65.9. The molecule has 2 aromatic rings. The fourth-order valence-electron chi connectivity index (χ4n) is 8.99. The number of amides is 12. The highest BCUT2D eigenvalue weighted by atomic mass is 16.4. The predicted molar refractivity (Wildman–Crippen MR) is 306 cm³/mol. The minimum absolute atomic E-state index is 0.0306. The van der Waals surface area contributed by atoms with Gasteiger partial charge in [0.25, 0.3) is 5.91 Å². The molecule has 1 aliphatic heterocycles. The van der Waals surface area contributed by atoms with Crippen LogP contribution in [0.1, 0.15) is 104 Å². The maximum Gasteiger partial charge on any atom is 0.303 e. The summed E-state index contributed by atoms with van der Waals surface area (Å²) in [5.41, 5.74) is 6.07. The molecule has 2 heterocycles. The highest BCUT2D eigenvalue weighted by molar-refractivity contribution is 6.38. The van der Waals surface area contributed by atoms with Gasteiger partial charge < -0.3 is 89.2 Å². The Morgan fingerprint density at radius 3 is 1.70 bits per heavy atom. The molecular weight excluding hydrogens is 1160 g/mol. The van der Waals surface area contributed by atoms with E-state index >= 15 is 0 Å². The molecular formula is C55H80N14O19. The van der Waals surface area contributed by atoms with Crippen molar-refractivity contribution in [3.8, 4) is 5.75 Å². The van der Waals surface area contributed by atoms with Gasteiger partial charge in [-0.15, -0.1) is 0 Å². The molecule has 484 valence electrons.